The summed E-state index contributed by atoms with van der Waals surface area (Å²) in [5.74, 6) is 0.597. The molecule has 0 radical (unpaired) electrons. The third-order valence-electron chi connectivity index (χ3n) is 3.09. The zero-order valence-corrected chi connectivity index (χ0v) is 13.6. The Labute approximate surface area is 133 Å². The summed E-state index contributed by atoms with van der Waals surface area (Å²) in [6.07, 6.45) is 2.32. The molecule has 0 N–H and O–H groups in total. The molecule has 5 nitrogen and oxygen atoms in total. The Morgan fingerprint density at radius 1 is 1.38 bits per heavy atom. The molecule has 2 aromatic rings. The van der Waals surface area contributed by atoms with E-state index in [9.17, 15) is 0 Å². The second kappa shape index (κ2) is 6.15. The standard InChI is InChI=1S/C14H17ClN4OS/c1-9(2)20-14-17-12(15)16-13(18-14)19(11-3-4-11)7-10-5-6-21-8-10/h5-6,8-9,11H,3-4,7H2,1-2H3. The van der Waals surface area contributed by atoms with Crippen LogP contribution in [0.2, 0.25) is 5.28 Å². The number of anilines is 1. The van der Waals surface area contributed by atoms with Crippen molar-refractivity contribution in [2.75, 3.05) is 4.90 Å². The zero-order chi connectivity index (χ0) is 14.8. The topological polar surface area (TPSA) is 51.1 Å². The molecule has 0 aromatic carbocycles. The molecule has 1 aliphatic carbocycles. The van der Waals surface area contributed by atoms with Gasteiger partial charge in [0.1, 0.15) is 0 Å². The van der Waals surface area contributed by atoms with E-state index in [1.165, 1.54) is 5.56 Å². The molecule has 3 rings (SSSR count). The number of hydrogen-bond acceptors (Lipinski definition) is 6. The van der Waals surface area contributed by atoms with Crippen molar-refractivity contribution in [3.8, 4) is 6.01 Å². The van der Waals surface area contributed by atoms with Gasteiger partial charge < -0.3 is 9.64 Å². The van der Waals surface area contributed by atoms with E-state index in [0.29, 0.717) is 12.0 Å². The molecule has 2 heterocycles. The molecule has 0 spiro atoms. The van der Waals surface area contributed by atoms with Crippen LogP contribution in [-0.4, -0.2) is 27.1 Å². The molecule has 21 heavy (non-hydrogen) atoms. The van der Waals surface area contributed by atoms with Crippen LogP contribution in [0.4, 0.5) is 5.95 Å². The van der Waals surface area contributed by atoms with Crippen molar-refractivity contribution in [1.29, 1.82) is 0 Å². The summed E-state index contributed by atoms with van der Waals surface area (Å²) in [6, 6.07) is 2.89. The highest BCUT2D eigenvalue weighted by Crippen LogP contribution is 2.32. The average Bonchev–Trinajstić information content (AvgIpc) is 3.11. The molecule has 0 saturated heterocycles. The van der Waals surface area contributed by atoms with E-state index in [2.05, 4.69) is 36.7 Å². The van der Waals surface area contributed by atoms with Crippen LogP contribution in [0.15, 0.2) is 16.8 Å². The first kappa shape index (κ1) is 14.5. The van der Waals surface area contributed by atoms with E-state index >= 15 is 0 Å². The van der Waals surface area contributed by atoms with Crippen LogP contribution in [0, 0.1) is 0 Å². The van der Waals surface area contributed by atoms with E-state index in [4.69, 9.17) is 16.3 Å². The van der Waals surface area contributed by atoms with Crippen molar-refractivity contribution in [3.63, 3.8) is 0 Å². The SMILES string of the molecule is CC(C)Oc1nc(Cl)nc(N(Cc2ccsc2)C2CC2)n1. The van der Waals surface area contributed by atoms with E-state index in [-0.39, 0.29) is 17.4 Å². The second-order valence-corrected chi connectivity index (χ2v) is 6.46. The smallest absolute Gasteiger partial charge is 0.322 e. The predicted molar refractivity (Wildman–Crippen MR) is 84.1 cm³/mol. The van der Waals surface area contributed by atoms with Crippen molar-refractivity contribution in [3.05, 3.63) is 27.7 Å². The Bertz CT molecular complexity index is 601. The summed E-state index contributed by atoms with van der Waals surface area (Å²) in [5, 5.41) is 4.39. The maximum absolute atomic E-state index is 6.02. The third-order valence-corrected chi connectivity index (χ3v) is 4.00. The zero-order valence-electron chi connectivity index (χ0n) is 12.0. The molecular weight excluding hydrogens is 308 g/mol. The maximum atomic E-state index is 6.02. The largest absolute Gasteiger partial charge is 0.461 e. The number of thiophene rings is 1. The highest BCUT2D eigenvalue weighted by atomic mass is 35.5. The number of hydrogen-bond donors (Lipinski definition) is 0. The molecule has 2 aromatic heterocycles. The molecule has 0 aliphatic heterocycles. The van der Waals surface area contributed by atoms with Gasteiger partial charge in [-0.05, 0) is 60.7 Å². The van der Waals surface area contributed by atoms with Crippen LogP contribution < -0.4 is 9.64 Å². The van der Waals surface area contributed by atoms with Crippen LogP contribution in [0.5, 0.6) is 6.01 Å². The molecule has 112 valence electrons. The molecule has 1 saturated carbocycles. The van der Waals surface area contributed by atoms with Gasteiger partial charge >= 0.3 is 6.01 Å². The first-order valence-electron chi connectivity index (χ1n) is 6.98. The molecule has 0 amide bonds. The van der Waals surface area contributed by atoms with Crippen molar-refractivity contribution in [2.45, 2.75) is 45.4 Å². The number of halogens is 1. The minimum absolute atomic E-state index is 0.00238. The Morgan fingerprint density at radius 2 is 2.19 bits per heavy atom. The molecular formula is C14H17ClN4OS. The monoisotopic (exact) mass is 324 g/mol. The van der Waals surface area contributed by atoms with Crippen LogP contribution >= 0.6 is 22.9 Å². The summed E-state index contributed by atoms with van der Waals surface area (Å²) in [4.78, 5) is 14.9. The Kier molecular flexibility index (Phi) is 4.26. The van der Waals surface area contributed by atoms with Crippen molar-refractivity contribution in [2.24, 2.45) is 0 Å². The van der Waals surface area contributed by atoms with Crippen molar-refractivity contribution < 1.29 is 4.74 Å². The van der Waals surface area contributed by atoms with E-state index in [1.807, 2.05) is 13.8 Å². The van der Waals surface area contributed by atoms with Gasteiger partial charge in [-0.15, -0.1) is 0 Å². The number of rotatable bonds is 6. The van der Waals surface area contributed by atoms with Gasteiger partial charge in [0.25, 0.3) is 0 Å². The Hall–Kier alpha value is -1.40. The lowest BCUT2D eigenvalue weighted by atomic mass is 10.3. The first-order valence-corrected chi connectivity index (χ1v) is 8.30. The van der Waals surface area contributed by atoms with Gasteiger partial charge in [-0.2, -0.15) is 26.3 Å². The lowest BCUT2D eigenvalue weighted by Crippen LogP contribution is -2.27. The van der Waals surface area contributed by atoms with Gasteiger partial charge in [0.05, 0.1) is 6.10 Å². The second-order valence-electron chi connectivity index (χ2n) is 5.34. The Morgan fingerprint density at radius 3 is 2.81 bits per heavy atom. The average molecular weight is 325 g/mol. The van der Waals surface area contributed by atoms with Gasteiger partial charge in [0.15, 0.2) is 0 Å². The summed E-state index contributed by atoms with van der Waals surface area (Å²) in [5.41, 5.74) is 1.26. The van der Waals surface area contributed by atoms with Gasteiger partial charge in [0.2, 0.25) is 11.2 Å². The summed E-state index contributed by atoms with van der Waals surface area (Å²) >= 11 is 7.71. The lowest BCUT2D eigenvalue weighted by Gasteiger charge is -2.22. The van der Waals surface area contributed by atoms with Gasteiger partial charge in [-0.1, -0.05) is 0 Å². The number of aromatic nitrogens is 3. The third kappa shape index (κ3) is 3.83. The summed E-state index contributed by atoms with van der Waals surface area (Å²) in [6.45, 7) is 4.65. The molecule has 1 fully saturated rings. The molecule has 7 heteroatoms. The predicted octanol–water partition coefficient (Wildman–Crippen LogP) is 3.54. The molecule has 1 aliphatic rings. The maximum Gasteiger partial charge on any atom is 0.322 e. The van der Waals surface area contributed by atoms with Crippen molar-refractivity contribution >= 4 is 28.9 Å². The Balaban J connectivity index is 1.86. The summed E-state index contributed by atoms with van der Waals surface area (Å²) < 4.78 is 5.55. The van der Waals surface area contributed by atoms with E-state index < -0.39 is 0 Å². The fourth-order valence-electron chi connectivity index (χ4n) is 2.04. The minimum Gasteiger partial charge on any atom is -0.461 e. The van der Waals surface area contributed by atoms with Gasteiger partial charge in [-0.3, -0.25) is 0 Å². The lowest BCUT2D eigenvalue weighted by molar-refractivity contribution is 0.221. The van der Waals surface area contributed by atoms with E-state index in [0.717, 1.165) is 19.4 Å². The normalized spacial score (nSPS) is 14.5. The molecule has 0 unspecified atom stereocenters. The van der Waals surface area contributed by atoms with Crippen LogP contribution in [0.1, 0.15) is 32.3 Å². The highest BCUT2D eigenvalue weighted by Gasteiger charge is 2.31. The fraction of sp³-hybridized carbons (Fsp3) is 0.500. The number of ether oxygens (including phenoxy) is 1. The molecule has 0 atom stereocenters. The quantitative estimate of drug-likeness (QED) is 0.813. The van der Waals surface area contributed by atoms with Crippen molar-refractivity contribution in [1.82, 2.24) is 15.0 Å². The van der Waals surface area contributed by atoms with E-state index in [1.54, 1.807) is 11.3 Å². The highest BCUT2D eigenvalue weighted by molar-refractivity contribution is 7.07. The van der Waals surface area contributed by atoms with Crippen LogP contribution in [0.25, 0.3) is 0 Å². The fourth-order valence-corrected chi connectivity index (χ4v) is 2.85. The molecule has 0 bridgehead atoms. The van der Waals surface area contributed by atoms with Crippen LogP contribution in [-0.2, 0) is 6.54 Å². The minimum atomic E-state index is 0.00238. The first-order chi connectivity index (χ1) is 10.1. The summed E-state index contributed by atoms with van der Waals surface area (Å²) in [7, 11) is 0. The van der Waals surface area contributed by atoms with Gasteiger partial charge in [-0.25, -0.2) is 0 Å². The number of nitrogens with zero attached hydrogens (tertiary/aromatic N) is 4. The van der Waals surface area contributed by atoms with Crippen LogP contribution in [0.3, 0.4) is 0 Å². The van der Waals surface area contributed by atoms with Gasteiger partial charge in [0, 0.05) is 12.6 Å².